The van der Waals surface area contributed by atoms with Gasteiger partial charge >= 0.3 is 0 Å². The molecule has 2 aromatic carbocycles. The van der Waals surface area contributed by atoms with Crippen LogP contribution in [0.15, 0.2) is 48.7 Å². The van der Waals surface area contributed by atoms with Gasteiger partial charge in [0.1, 0.15) is 5.82 Å². The maximum Gasteiger partial charge on any atom is 0.131 e. The number of aromatic nitrogens is 1. The van der Waals surface area contributed by atoms with E-state index in [1.165, 1.54) is 17.1 Å². The molecular weight excluding hydrogens is 275 g/mol. The van der Waals surface area contributed by atoms with Crippen LogP contribution in [0.5, 0.6) is 0 Å². The molecule has 0 saturated carbocycles. The second kappa shape index (κ2) is 4.96. The molecule has 0 fully saturated rings. The molecule has 2 nitrogen and oxygen atoms in total. The Labute approximate surface area is 129 Å². The van der Waals surface area contributed by atoms with Gasteiger partial charge in [0.05, 0.1) is 5.52 Å². The van der Waals surface area contributed by atoms with E-state index in [1.54, 1.807) is 6.07 Å². The predicted molar refractivity (Wildman–Crippen MR) is 88.6 cm³/mol. The summed E-state index contributed by atoms with van der Waals surface area (Å²) in [7, 11) is 2.01. The van der Waals surface area contributed by atoms with Crippen LogP contribution < -0.4 is 5.32 Å². The first-order chi connectivity index (χ1) is 10.7. The van der Waals surface area contributed by atoms with E-state index in [1.807, 2.05) is 19.2 Å². The summed E-state index contributed by atoms with van der Waals surface area (Å²) in [6, 6.07) is 13.8. The highest BCUT2D eigenvalue weighted by Crippen LogP contribution is 2.39. The minimum Gasteiger partial charge on any atom is -0.345 e. The second-order valence-corrected chi connectivity index (χ2v) is 6.10. The van der Waals surface area contributed by atoms with Gasteiger partial charge < -0.3 is 9.88 Å². The Morgan fingerprint density at radius 1 is 1.09 bits per heavy atom. The highest BCUT2D eigenvalue weighted by atomic mass is 19.1. The van der Waals surface area contributed by atoms with E-state index in [-0.39, 0.29) is 5.82 Å². The molecule has 0 aliphatic carbocycles. The lowest BCUT2D eigenvalue weighted by Gasteiger charge is -2.30. The van der Waals surface area contributed by atoms with E-state index in [2.05, 4.69) is 41.2 Å². The van der Waals surface area contributed by atoms with Gasteiger partial charge in [0.2, 0.25) is 0 Å². The standard InChI is InChI=1S/C19H19FN2/c1-12-13-7-5-8-15-16(14-6-3-4-9-17(14)20)10-22(19(13)15)11-18(12)21-2/h3-10,12,18,21H,11H2,1-2H3. The van der Waals surface area contributed by atoms with E-state index in [9.17, 15) is 4.39 Å². The molecule has 3 aromatic rings. The van der Waals surface area contributed by atoms with Gasteiger partial charge in [-0.2, -0.15) is 0 Å². The fraction of sp³-hybridized carbons (Fsp3) is 0.263. The number of nitrogens with one attached hydrogen (secondary N) is 1. The Balaban J connectivity index is 2.01. The molecule has 22 heavy (non-hydrogen) atoms. The third kappa shape index (κ3) is 1.82. The van der Waals surface area contributed by atoms with Crippen molar-refractivity contribution in [1.82, 2.24) is 9.88 Å². The first-order valence-corrected chi connectivity index (χ1v) is 7.74. The SMILES string of the molecule is CNC1Cn2cc(-c3ccccc3F)c3cccc(c32)C1C. The molecule has 1 aromatic heterocycles. The summed E-state index contributed by atoms with van der Waals surface area (Å²) in [6.45, 7) is 3.18. The highest BCUT2D eigenvalue weighted by molar-refractivity contribution is 5.98. The molecule has 1 N–H and O–H groups in total. The van der Waals surface area contributed by atoms with Crippen molar-refractivity contribution in [2.75, 3.05) is 7.05 Å². The largest absolute Gasteiger partial charge is 0.345 e. The zero-order valence-electron chi connectivity index (χ0n) is 12.8. The molecule has 1 aliphatic heterocycles. The Hall–Kier alpha value is -2.13. The number of likely N-dealkylation sites (N-methyl/N-ethyl adjacent to an activating group) is 1. The highest BCUT2D eigenvalue weighted by Gasteiger charge is 2.28. The van der Waals surface area contributed by atoms with Gasteiger partial charge in [-0.3, -0.25) is 0 Å². The maximum absolute atomic E-state index is 14.2. The van der Waals surface area contributed by atoms with Crippen LogP contribution in [-0.4, -0.2) is 17.7 Å². The van der Waals surface area contributed by atoms with Crippen LogP contribution in [0.3, 0.4) is 0 Å². The Morgan fingerprint density at radius 3 is 2.68 bits per heavy atom. The van der Waals surface area contributed by atoms with Crippen LogP contribution in [-0.2, 0) is 6.54 Å². The van der Waals surface area contributed by atoms with Crippen molar-refractivity contribution in [1.29, 1.82) is 0 Å². The number of hydrogen-bond donors (Lipinski definition) is 1. The van der Waals surface area contributed by atoms with Crippen LogP contribution in [0.25, 0.3) is 22.0 Å². The van der Waals surface area contributed by atoms with Crippen molar-refractivity contribution in [3.05, 3.63) is 60.0 Å². The smallest absolute Gasteiger partial charge is 0.131 e. The molecule has 0 bridgehead atoms. The molecule has 2 heterocycles. The summed E-state index contributed by atoms with van der Waals surface area (Å²) in [6.07, 6.45) is 2.10. The van der Waals surface area contributed by atoms with E-state index in [4.69, 9.17) is 0 Å². The number of hydrogen-bond acceptors (Lipinski definition) is 1. The second-order valence-electron chi connectivity index (χ2n) is 6.10. The van der Waals surface area contributed by atoms with Crippen LogP contribution in [0, 0.1) is 5.82 Å². The quantitative estimate of drug-likeness (QED) is 0.751. The maximum atomic E-state index is 14.2. The fourth-order valence-corrected chi connectivity index (χ4v) is 3.72. The third-order valence-electron chi connectivity index (χ3n) is 4.95. The van der Waals surface area contributed by atoms with Crippen LogP contribution in [0.4, 0.5) is 4.39 Å². The van der Waals surface area contributed by atoms with Gasteiger partial charge in [-0.15, -0.1) is 0 Å². The molecule has 1 aliphatic rings. The van der Waals surface area contributed by atoms with Crippen molar-refractivity contribution in [3.8, 4) is 11.1 Å². The Morgan fingerprint density at radius 2 is 1.91 bits per heavy atom. The topological polar surface area (TPSA) is 17.0 Å². The number of benzene rings is 2. The fourth-order valence-electron chi connectivity index (χ4n) is 3.72. The van der Waals surface area contributed by atoms with Gasteiger partial charge in [0.25, 0.3) is 0 Å². The number of para-hydroxylation sites is 1. The first-order valence-electron chi connectivity index (χ1n) is 7.74. The van der Waals surface area contributed by atoms with Crippen LogP contribution in [0.1, 0.15) is 18.4 Å². The van der Waals surface area contributed by atoms with Gasteiger partial charge in [-0.1, -0.05) is 43.3 Å². The summed E-state index contributed by atoms with van der Waals surface area (Å²) in [5.74, 6) is 0.286. The van der Waals surface area contributed by atoms with Crippen molar-refractivity contribution < 1.29 is 4.39 Å². The van der Waals surface area contributed by atoms with Crippen molar-refractivity contribution >= 4 is 10.9 Å². The zero-order valence-corrected chi connectivity index (χ0v) is 12.8. The Kier molecular flexibility index (Phi) is 3.05. The molecule has 0 saturated heterocycles. The minimum atomic E-state index is -0.163. The Bertz CT molecular complexity index is 850. The summed E-state index contributed by atoms with van der Waals surface area (Å²) >= 11 is 0. The van der Waals surface area contributed by atoms with E-state index >= 15 is 0 Å². The van der Waals surface area contributed by atoms with Gasteiger partial charge in [-0.05, 0) is 18.7 Å². The predicted octanol–water partition coefficient (Wildman–Crippen LogP) is 4.15. The van der Waals surface area contributed by atoms with Gasteiger partial charge in [-0.25, -0.2) is 4.39 Å². The lowest BCUT2D eigenvalue weighted by atomic mass is 9.88. The summed E-state index contributed by atoms with van der Waals surface area (Å²) in [5.41, 5.74) is 4.25. The van der Waals surface area contributed by atoms with E-state index in [0.717, 1.165) is 17.5 Å². The third-order valence-corrected chi connectivity index (χ3v) is 4.95. The average Bonchev–Trinajstić information content (AvgIpc) is 2.91. The molecule has 0 amide bonds. The minimum absolute atomic E-state index is 0.163. The molecule has 112 valence electrons. The van der Waals surface area contributed by atoms with Crippen molar-refractivity contribution in [2.45, 2.75) is 25.4 Å². The number of nitrogens with zero attached hydrogens (tertiary/aromatic N) is 1. The number of rotatable bonds is 2. The van der Waals surface area contributed by atoms with E-state index in [0.29, 0.717) is 17.5 Å². The van der Waals surface area contributed by atoms with Gasteiger partial charge in [0, 0.05) is 41.2 Å². The first kappa shape index (κ1) is 13.5. The summed E-state index contributed by atoms with van der Waals surface area (Å²) < 4.78 is 16.5. The van der Waals surface area contributed by atoms with Crippen molar-refractivity contribution in [2.24, 2.45) is 0 Å². The van der Waals surface area contributed by atoms with E-state index < -0.39 is 0 Å². The average molecular weight is 294 g/mol. The molecule has 3 heteroatoms. The molecule has 0 radical (unpaired) electrons. The van der Waals surface area contributed by atoms with Gasteiger partial charge in [0.15, 0.2) is 0 Å². The van der Waals surface area contributed by atoms with Crippen LogP contribution in [0.2, 0.25) is 0 Å². The molecule has 4 rings (SSSR count). The normalized spacial score (nSPS) is 20.5. The molecule has 2 unspecified atom stereocenters. The number of halogens is 1. The monoisotopic (exact) mass is 294 g/mol. The van der Waals surface area contributed by atoms with Crippen LogP contribution >= 0.6 is 0 Å². The summed E-state index contributed by atoms with van der Waals surface area (Å²) in [4.78, 5) is 0. The zero-order chi connectivity index (χ0) is 15.3. The lowest BCUT2D eigenvalue weighted by molar-refractivity contribution is 0.415. The molecule has 2 atom stereocenters. The lowest BCUT2D eigenvalue weighted by Crippen LogP contribution is -2.37. The van der Waals surface area contributed by atoms with Crippen molar-refractivity contribution in [3.63, 3.8) is 0 Å². The molecule has 0 spiro atoms. The summed E-state index contributed by atoms with van der Waals surface area (Å²) in [5, 5.41) is 4.55. The molecular formula is C19H19FN2.